The highest BCUT2D eigenvalue weighted by molar-refractivity contribution is 5.79. The van der Waals surface area contributed by atoms with Crippen molar-refractivity contribution in [2.45, 2.75) is 0 Å². The summed E-state index contributed by atoms with van der Waals surface area (Å²) in [6, 6.07) is 9.30. The molecule has 122 valence electrons. The molecule has 8 nitrogen and oxygen atoms in total. The second kappa shape index (κ2) is 6.17. The topological polar surface area (TPSA) is 92.6 Å². The first kappa shape index (κ1) is 14.5. The first-order valence-corrected chi connectivity index (χ1v) is 7.65. The molecule has 3 aromatic rings. The Morgan fingerprint density at radius 3 is 3.12 bits per heavy atom. The maximum absolute atomic E-state index is 11.7. The van der Waals surface area contributed by atoms with Crippen LogP contribution in [0.3, 0.4) is 0 Å². The Labute approximate surface area is 137 Å². The molecule has 2 aromatic heterocycles. The van der Waals surface area contributed by atoms with Gasteiger partial charge in [-0.2, -0.15) is 10.6 Å². The van der Waals surface area contributed by atoms with Gasteiger partial charge >= 0.3 is 0 Å². The van der Waals surface area contributed by atoms with E-state index in [1.807, 2.05) is 30.5 Å². The molecular weight excluding hydrogens is 308 g/mol. The summed E-state index contributed by atoms with van der Waals surface area (Å²) in [5.74, 6) is 1.07. The lowest BCUT2D eigenvalue weighted by Gasteiger charge is -2.08. The van der Waals surface area contributed by atoms with Crippen molar-refractivity contribution in [3.8, 4) is 16.9 Å². The van der Waals surface area contributed by atoms with E-state index in [9.17, 15) is 4.79 Å². The van der Waals surface area contributed by atoms with Gasteiger partial charge in [-0.1, -0.05) is 12.1 Å². The van der Waals surface area contributed by atoms with Gasteiger partial charge in [0.15, 0.2) is 11.4 Å². The molecule has 4 rings (SSSR count). The minimum atomic E-state index is -0.234. The van der Waals surface area contributed by atoms with Gasteiger partial charge in [0.25, 0.3) is 5.91 Å². The lowest BCUT2D eigenvalue weighted by molar-refractivity contribution is -0.126. The Kier molecular flexibility index (Phi) is 3.72. The largest absolute Gasteiger partial charge is 0.379 e. The molecule has 0 saturated carbocycles. The lowest BCUT2D eigenvalue weighted by Crippen LogP contribution is -2.37. The van der Waals surface area contributed by atoms with E-state index in [4.69, 9.17) is 4.84 Å². The SMILES string of the molecule is O=C1CNCCNc2ccn3ncc(c3n2)-c2cccc(c2)ON1. The number of anilines is 1. The quantitative estimate of drug-likeness (QED) is 0.567. The van der Waals surface area contributed by atoms with Crippen LogP contribution in [0.15, 0.2) is 42.7 Å². The lowest BCUT2D eigenvalue weighted by atomic mass is 10.1. The molecule has 1 aromatic carbocycles. The van der Waals surface area contributed by atoms with E-state index in [1.54, 1.807) is 16.8 Å². The van der Waals surface area contributed by atoms with Gasteiger partial charge < -0.3 is 15.5 Å². The van der Waals surface area contributed by atoms with Gasteiger partial charge in [-0.25, -0.2) is 9.50 Å². The third-order valence-electron chi connectivity index (χ3n) is 3.69. The first-order valence-electron chi connectivity index (χ1n) is 7.65. The van der Waals surface area contributed by atoms with Gasteiger partial charge in [-0.3, -0.25) is 4.79 Å². The van der Waals surface area contributed by atoms with Crippen molar-refractivity contribution in [3.05, 3.63) is 42.7 Å². The summed E-state index contributed by atoms with van der Waals surface area (Å²) < 4.78 is 1.73. The minimum Gasteiger partial charge on any atom is -0.379 e. The molecule has 4 bridgehead atoms. The first-order chi connectivity index (χ1) is 11.8. The van der Waals surface area contributed by atoms with Crippen molar-refractivity contribution in [2.24, 2.45) is 0 Å². The number of amides is 1. The molecule has 0 fully saturated rings. The number of carbonyl (C=O) groups is 1. The Morgan fingerprint density at radius 1 is 1.21 bits per heavy atom. The van der Waals surface area contributed by atoms with E-state index in [0.717, 1.165) is 22.6 Å². The number of hydrogen-bond donors (Lipinski definition) is 3. The second-order valence-corrected chi connectivity index (χ2v) is 5.40. The van der Waals surface area contributed by atoms with Crippen LogP contribution >= 0.6 is 0 Å². The van der Waals surface area contributed by atoms with Crippen LogP contribution in [0.2, 0.25) is 0 Å². The van der Waals surface area contributed by atoms with Gasteiger partial charge in [0.05, 0.1) is 12.7 Å². The normalized spacial score (nSPS) is 15.1. The number of hydroxylamine groups is 1. The summed E-state index contributed by atoms with van der Waals surface area (Å²) >= 11 is 0. The van der Waals surface area contributed by atoms with Crippen LogP contribution in [0.25, 0.3) is 16.8 Å². The van der Waals surface area contributed by atoms with Crippen molar-refractivity contribution in [1.29, 1.82) is 0 Å². The van der Waals surface area contributed by atoms with Crippen LogP contribution in [-0.4, -0.2) is 40.1 Å². The molecule has 0 saturated heterocycles. The van der Waals surface area contributed by atoms with Crippen molar-refractivity contribution in [2.75, 3.05) is 25.0 Å². The molecule has 0 aliphatic carbocycles. The zero-order chi connectivity index (χ0) is 16.4. The van der Waals surface area contributed by atoms with Crippen LogP contribution in [-0.2, 0) is 4.79 Å². The highest BCUT2D eigenvalue weighted by atomic mass is 16.7. The highest BCUT2D eigenvalue weighted by Crippen LogP contribution is 2.27. The number of hydrogen-bond acceptors (Lipinski definition) is 6. The van der Waals surface area contributed by atoms with Gasteiger partial charge in [0.2, 0.25) is 0 Å². The van der Waals surface area contributed by atoms with Crippen molar-refractivity contribution in [3.63, 3.8) is 0 Å². The molecule has 3 heterocycles. The van der Waals surface area contributed by atoms with E-state index in [-0.39, 0.29) is 12.5 Å². The van der Waals surface area contributed by atoms with Crippen LogP contribution in [0, 0.1) is 0 Å². The van der Waals surface area contributed by atoms with E-state index in [1.165, 1.54) is 0 Å². The zero-order valence-corrected chi connectivity index (χ0v) is 12.8. The molecule has 0 spiro atoms. The fraction of sp³-hybridized carbons (Fsp3) is 0.188. The number of benzene rings is 1. The summed E-state index contributed by atoms with van der Waals surface area (Å²) in [6.45, 7) is 1.45. The van der Waals surface area contributed by atoms with Crippen molar-refractivity contribution in [1.82, 2.24) is 25.4 Å². The fourth-order valence-electron chi connectivity index (χ4n) is 2.53. The van der Waals surface area contributed by atoms with Gasteiger partial charge in [-0.15, -0.1) is 0 Å². The van der Waals surface area contributed by atoms with Gasteiger partial charge in [-0.05, 0) is 23.8 Å². The Bertz CT molecular complexity index is 891. The molecule has 0 unspecified atom stereocenters. The van der Waals surface area contributed by atoms with E-state index in [2.05, 4.69) is 26.2 Å². The minimum absolute atomic E-state index is 0.179. The summed E-state index contributed by atoms with van der Waals surface area (Å²) in [4.78, 5) is 21.7. The van der Waals surface area contributed by atoms with Gasteiger partial charge in [0, 0.05) is 24.8 Å². The second-order valence-electron chi connectivity index (χ2n) is 5.40. The van der Waals surface area contributed by atoms with Crippen molar-refractivity contribution >= 4 is 17.4 Å². The summed E-state index contributed by atoms with van der Waals surface area (Å²) in [5, 5.41) is 10.6. The monoisotopic (exact) mass is 324 g/mol. The number of fused-ring (bicyclic) bond motifs is 4. The van der Waals surface area contributed by atoms with Crippen molar-refractivity contribution < 1.29 is 9.63 Å². The zero-order valence-electron chi connectivity index (χ0n) is 12.8. The van der Waals surface area contributed by atoms with Crippen LogP contribution in [0.4, 0.5) is 5.82 Å². The highest BCUT2D eigenvalue weighted by Gasteiger charge is 2.11. The third kappa shape index (κ3) is 2.86. The molecule has 24 heavy (non-hydrogen) atoms. The molecule has 8 heteroatoms. The van der Waals surface area contributed by atoms with E-state index in [0.29, 0.717) is 18.8 Å². The molecule has 1 aliphatic heterocycles. The Hall–Kier alpha value is -3.13. The predicted octanol–water partition coefficient (Wildman–Crippen LogP) is 0.821. The standard InChI is InChI=1S/C16H16N6O2/c23-15-10-17-5-6-18-14-4-7-22-16(20-14)13(9-19-22)11-2-1-3-12(8-11)24-21-15/h1-4,7-9,17H,5-6,10H2,(H,18,20)(H,21,23). The summed E-state index contributed by atoms with van der Waals surface area (Å²) in [5.41, 5.74) is 4.98. The smallest absolute Gasteiger partial charge is 0.266 e. The average molecular weight is 324 g/mol. The summed E-state index contributed by atoms with van der Waals surface area (Å²) in [7, 11) is 0. The third-order valence-corrected chi connectivity index (χ3v) is 3.69. The molecule has 1 amide bonds. The maximum atomic E-state index is 11.7. The molecular formula is C16H16N6O2. The number of rotatable bonds is 0. The molecule has 1 aliphatic rings. The summed E-state index contributed by atoms with van der Waals surface area (Å²) in [6.07, 6.45) is 3.63. The number of aromatic nitrogens is 3. The number of nitrogens with zero attached hydrogens (tertiary/aromatic N) is 3. The number of nitrogens with one attached hydrogen (secondary N) is 3. The van der Waals surface area contributed by atoms with Crippen LogP contribution in [0.5, 0.6) is 5.75 Å². The van der Waals surface area contributed by atoms with Crippen LogP contribution in [0.1, 0.15) is 0 Å². The van der Waals surface area contributed by atoms with E-state index >= 15 is 0 Å². The van der Waals surface area contributed by atoms with Gasteiger partial charge in [0.1, 0.15) is 5.82 Å². The van der Waals surface area contributed by atoms with E-state index < -0.39 is 0 Å². The molecule has 0 radical (unpaired) electrons. The maximum Gasteiger partial charge on any atom is 0.266 e. The number of carbonyl (C=O) groups excluding carboxylic acids is 1. The fourth-order valence-corrected chi connectivity index (χ4v) is 2.53. The molecule has 0 atom stereocenters. The Balaban J connectivity index is 1.78. The predicted molar refractivity (Wildman–Crippen MR) is 88.6 cm³/mol. The average Bonchev–Trinajstić information content (AvgIpc) is 3.02. The van der Waals surface area contributed by atoms with Crippen LogP contribution < -0.4 is 21.0 Å². The molecule has 3 N–H and O–H groups in total. The Morgan fingerprint density at radius 2 is 2.17 bits per heavy atom.